The molecule has 25 heteroatoms. The number of fused-ring (bicyclic) bond motifs is 2. The Morgan fingerprint density at radius 2 is 0.957 bits per heavy atom. The van der Waals surface area contributed by atoms with E-state index in [1.54, 1.807) is 87.5 Å². The summed E-state index contributed by atoms with van der Waals surface area (Å²) in [4.78, 5) is 66.2. The van der Waals surface area contributed by atoms with E-state index in [0.717, 1.165) is 50.6 Å². The van der Waals surface area contributed by atoms with Crippen LogP contribution in [-0.4, -0.2) is 69.9 Å². The topological polar surface area (TPSA) is 337 Å². The van der Waals surface area contributed by atoms with E-state index < -0.39 is 18.1 Å². The van der Waals surface area contributed by atoms with Crippen LogP contribution in [0.1, 0.15) is 161 Å². The molecule has 6 radical (unpaired) electrons. The zero-order valence-corrected chi connectivity index (χ0v) is 72.6. The molecule has 0 amide bonds. The number of carbonyl (C=O) groups excluding carboxylic acids is 5. The maximum absolute atomic E-state index is 11.2. The van der Waals surface area contributed by atoms with Crippen LogP contribution < -0.4 is 33.3 Å². The number of phenolic OH excluding ortho intramolecular Hbond substituents is 3. The molecule has 5 aromatic carbocycles. The van der Waals surface area contributed by atoms with Crippen molar-refractivity contribution in [1.29, 1.82) is 0 Å². The van der Waals surface area contributed by atoms with Crippen LogP contribution >= 0.6 is 0 Å². The average molecular weight is 1740 g/mol. The SMILES string of the molecule is C1CC1.CC.CC1=CC(=CO)C(=O)[C-]=C1.CCOC(=O)CC(N)c1cc(C)c[c-]c1O.CCOC(=O)C[C@@H](N)c1cc(C)c[c-]c1O.CCOC(=O)C[C@H](N)c1cc(C)c[c-]c1O.Cc1c[c-]c2c(c1)C(N)CC(=O)O2.Cc1c[c-]c2oc(=O)ccc2c1.[Y].[Y].[Y].[Y].[Y].[Y]. The first-order chi connectivity index (χ1) is 41.8. The summed E-state index contributed by atoms with van der Waals surface area (Å²) in [5.41, 5.74) is 32.1. The Hall–Kier alpha value is -2.26. The first kappa shape index (κ1) is 100. The number of Topliss-reactive ketones (excluding diaryl/α,β-unsaturated/α-hetero) is 1. The van der Waals surface area contributed by atoms with Gasteiger partial charge in [0.2, 0.25) is 0 Å². The number of aliphatic hydroxyl groups is 1. The maximum atomic E-state index is 11.2. The largest absolute Gasteiger partial charge is 0.534 e. The number of carbonyl (C=O) groups is 5. The van der Waals surface area contributed by atoms with Crippen LogP contribution in [-0.2, 0) is 234 Å². The Morgan fingerprint density at radius 1 is 0.585 bits per heavy atom. The number of nitrogens with two attached hydrogens (primary N) is 4. The van der Waals surface area contributed by atoms with Crippen molar-refractivity contribution in [1.82, 2.24) is 0 Å². The van der Waals surface area contributed by atoms with Crippen molar-refractivity contribution in [2.24, 2.45) is 22.9 Å². The molecule has 6 aromatic rings. The summed E-state index contributed by atoms with van der Waals surface area (Å²) in [5.74, 6) is -1.20. The molecule has 1 saturated carbocycles. The molecule has 0 spiro atoms. The summed E-state index contributed by atoms with van der Waals surface area (Å²) >= 11 is 0. The maximum Gasteiger partial charge on any atom is 0.333 e. The van der Waals surface area contributed by atoms with E-state index in [9.17, 15) is 44.1 Å². The van der Waals surface area contributed by atoms with Gasteiger partial charge in [-0.25, -0.2) is 4.79 Å². The average Bonchev–Trinajstić information content (AvgIpc) is 1.74. The summed E-state index contributed by atoms with van der Waals surface area (Å²) in [6, 6.07) is 32.7. The fourth-order valence-electron chi connectivity index (χ4n) is 7.49. The molecule has 1 aromatic heterocycles. The second-order valence-corrected chi connectivity index (χ2v) is 19.9. The molecule has 2 aliphatic carbocycles. The van der Waals surface area contributed by atoms with Crippen molar-refractivity contribution in [3.05, 3.63) is 199 Å². The number of hydrogen-bond acceptors (Lipinski definition) is 19. The number of benzene rings is 5. The molecule has 2 unspecified atom stereocenters. The number of ether oxygens (including phenoxy) is 4. The number of allylic oxidation sites excluding steroid dienone is 5. The number of aromatic hydroxyl groups is 3. The Bertz CT molecular complexity index is 3240. The van der Waals surface area contributed by atoms with E-state index in [0.29, 0.717) is 53.4 Å². The predicted molar refractivity (Wildman–Crippen MR) is 335 cm³/mol. The van der Waals surface area contributed by atoms with Crippen LogP contribution in [0.5, 0.6) is 23.0 Å². The monoisotopic (exact) mass is 1740 g/mol. The Morgan fingerprint density at radius 3 is 1.33 bits per heavy atom. The summed E-state index contributed by atoms with van der Waals surface area (Å²) < 4.78 is 24.3. The molecule has 1 aliphatic heterocycles. The molecule has 0 bridgehead atoms. The van der Waals surface area contributed by atoms with Gasteiger partial charge in [-0.1, -0.05) is 108 Å². The smallest absolute Gasteiger partial charge is 0.333 e. The van der Waals surface area contributed by atoms with Gasteiger partial charge in [0.15, 0.2) is 0 Å². The minimum atomic E-state index is -0.560. The van der Waals surface area contributed by atoms with Crippen molar-refractivity contribution in [2.75, 3.05) is 19.8 Å². The minimum Gasteiger partial charge on any atom is -0.534 e. The van der Waals surface area contributed by atoms with Crippen LogP contribution in [0.3, 0.4) is 0 Å². The number of hydrogen-bond donors (Lipinski definition) is 8. The van der Waals surface area contributed by atoms with Gasteiger partial charge in [0.05, 0.1) is 51.3 Å². The molecule has 3 aliphatic rings. The van der Waals surface area contributed by atoms with E-state index in [4.69, 9.17) is 51.4 Å². The molecule has 4 atom stereocenters. The molecule has 19 nitrogen and oxygen atoms in total. The molecule has 94 heavy (non-hydrogen) atoms. The Balaban J connectivity index is -0.000000329. The van der Waals surface area contributed by atoms with Gasteiger partial charge in [0, 0.05) is 237 Å². The van der Waals surface area contributed by atoms with Crippen molar-refractivity contribution in [2.45, 2.75) is 145 Å². The summed E-state index contributed by atoms with van der Waals surface area (Å²) in [7, 11) is 0. The van der Waals surface area contributed by atoms with Gasteiger partial charge in [-0.15, -0.1) is 42.5 Å². The van der Waals surface area contributed by atoms with Crippen molar-refractivity contribution < 1.29 is 264 Å². The minimum absolute atomic E-state index is 0. The van der Waals surface area contributed by atoms with Gasteiger partial charge in [-0.3, -0.25) is 19.2 Å². The molecule has 494 valence electrons. The summed E-state index contributed by atoms with van der Waals surface area (Å²) in [6.07, 6.45) is 11.4. The Kier molecular flexibility index (Phi) is 59.3. The second kappa shape index (κ2) is 55.5. The normalized spacial score (nSPS) is 13.5. The van der Waals surface area contributed by atoms with E-state index in [-0.39, 0.29) is 281 Å². The summed E-state index contributed by atoms with van der Waals surface area (Å²) in [5, 5.41) is 38.1. The second-order valence-electron chi connectivity index (χ2n) is 19.9. The van der Waals surface area contributed by atoms with E-state index >= 15 is 0 Å². The number of rotatable bonds is 12. The van der Waals surface area contributed by atoms with E-state index in [2.05, 4.69) is 36.4 Å². The van der Waals surface area contributed by atoms with E-state index in [1.807, 2.05) is 67.5 Å². The molecule has 1 fully saturated rings. The third-order valence-electron chi connectivity index (χ3n) is 11.9. The van der Waals surface area contributed by atoms with Crippen LogP contribution in [0.2, 0.25) is 0 Å². The van der Waals surface area contributed by atoms with Crippen molar-refractivity contribution >= 4 is 40.6 Å². The quantitative estimate of drug-likeness (QED) is 0.0107. The van der Waals surface area contributed by atoms with Gasteiger partial charge in [-0.05, 0) is 44.9 Å². The third kappa shape index (κ3) is 40.1. The number of aliphatic hydroxyl groups excluding tert-OH is 1. The van der Waals surface area contributed by atoms with Gasteiger partial charge in [0.1, 0.15) is 0 Å². The number of phenols is 3. The predicted octanol–water partition coefficient (Wildman–Crippen LogP) is 10.9. The van der Waals surface area contributed by atoms with Gasteiger partial charge < -0.3 is 71.5 Å². The van der Waals surface area contributed by atoms with Gasteiger partial charge in [-0.2, -0.15) is 106 Å². The van der Waals surface area contributed by atoms with Crippen LogP contribution in [0.4, 0.5) is 0 Å². The van der Waals surface area contributed by atoms with Gasteiger partial charge >= 0.3 is 29.5 Å². The molecular weight excluding hydrogens is 1660 g/mol. The number of esters is 4. The zero-order valence-electron chi connectivity index (χ0n) is 55.6. The fraction of sp³-hybridized carbons (Fsp3) is 0.362. The first-order valence-corrected chi connectivity index (χ1v) is 28.7. The van der Waals surface area contributed by atoms with Crippen LogP contribution in [0, 0.1) is 71.0 Å². The van der Waals surface area contributed by atoms with E-state index in [1.165, 1.54) is 25.3 Å². The Labute approximate surface area is 705 Å². The molecule has 12 N–H and O–H groups in total. The molecule has 9 rings (SSSR count). The molecular formula is C69H84N4O15Y6-6. The number of aryl methyl sites for hydroxylation is 5. The van der Waals surface area contributed by atoms with Crippen LogP contribution in [0.25, 0.3) is 11.0 Å². The summed E-state index contributed by atoms with van der Waals surface area (Å²) in [6.45, 7) is 21.6. The van der Waals surface area contributed by atoms with Crippen molar-refractivity contribution in [3.8, 4) is 23.0 Å². The van der Waals surface area contributed by atoms with Crippen LogP contribution in [0.15, 0.2) is 112 Å². The molecule has 0 saturated heterocycles. The standard InChI is InChI=1S/3C12H16NO3.C10H10NO2.C10H7O2.C8H7O2.C3H6.C2H6.6Y/c3*1-3-16-12(15)7-10(13)9-6-8(2)4-5-11(9)14;1-6-2-3-9-7(4-6)8(11)5-10(12)13-9;1-7-2-4-9-8(6-7)3-5-10(11)12-9;1-6-2-3-8(10)7(4-6)5-9;1-2-3-1;1-2;;;;;;/h3*4,6,10,14H,3,7,13H2,1-2H3;2,4,8H,5,11H2,1H3;2-3,5-6H,1H3;2,4-5,9H,1H3;1-3H2;1-2H3;;;;;;/q6*-1;;;;;;;;/t2*10-;;;;;;;;;;;;/m10............/s1. The zero-order chi connectivity index (χ0) is 66.0. The first-order valence-electron chi connectivity index (χ1n) is 28.7. The van der Waals surface area contributed by atoms with Crippen molar-refractivity contribution in [3.63, 3.8) is 0 Å². The third-order valence-corrected chi connectivity index (χ3v) is 11.9. The van der Waals surface area contributed by atoms with Gasteiger partial charge in [0.25, 0.3) is 0 Å². The fourth-order valence-corrected chi connectivity index (χ4v) is 7.49. The molecule has 2 heterocycles. The number of ketones is 1.